The van der Waals surface area contributed by atoms with Gasteiger partial charge in [0.1, 0.15) is 4.21 Å². The van der Waals surface area contributed by atoms with Crippen LogP contribution in [-0.2, 0) is 10.0 Å². The van der Waals surface area contributed by atoms with Crippen LogP contribution in [0.4, 0.5) is 0 Å². The molecule has 0 unspecified atom stereocenters. The Morgan fingerprint density at radius 1 is 1.40 bits per heavy atom. The quantitative estimate of drug-likeness (QED) is 0.673. The summed E-state index contributed by atoms with van der Waals surface area (Å²) in [4.78, 5) is 10.8. The van der Waals surface area contributed by atoms with Crippen LogP contribution in [0, 0.1) is 5.41 Å². The molecule has 0 aliphatic heterocycles. The van der Waals surface area contributed by atoms with E-state index in [0.29, 0.717) is 12.8 Å². The Labute approximate surface area is 122 Å². The van der Waals surface area contributed by atoms with Gasteiger partial charge in [-0.2, -0.15) is 0 Å². The van der Waals surface area contributed by atoms with Gasteiger partial charge in [-0.1, -0.05) is 13.8 Å². The number of hydrogen-bond acceptors (Lipinski definition) is 5. The van der Waals surface area contributed by atoms with Gasteiger partial charge in [0, 0.05) is 23.9 Å². The van der Waals surface area contributed by atoms with Gasteiger partial charge in [-0.25, -0.2) is 17.9 Å². The van der Waals surface area contributed by atoms with E-state index in [2.05, 4.69) is 4.72 Å². The Bertz CT molecular complexity index is 552. The van der Waals surface area contributed by atoms with Crippen LogP contribution in [-0.4, -0.2) is 37.8 Å². The highest BCUT2D eigenvalue weighted by molar-refractivity contribution is 7.91. The molecule has 1 heterocycles. The number of sulfonamides is 1. The molecule has 0 fully saturated rings. The van der Waals surface area contributed by atoms with Crippen molar-refractivity contribution in [1.29, 1.82) is 0 Å². The van der Waals surface area contributed by atoms with Gasteiger partial charge >= 0.3 is 5.97 Å². The van der Waals surface area contributed by atoms with Crippen molar-refractivity contribution in [2.45, 2.75) is 30.9 Å². The van der Waals surface area contributed by atoms with Crippen LogP contribution >= 0.6 is 11.3 Å². The van der Waals surface area contributed by atoms with E-state index in [-0.39, 0.29) is 22.9 Å². The summed E-state index contributed by atoms with van der Waals surface area (Å²) in [6, 6.07) is 1.13. The molecule has 1 rings (SSSR count). The highest BCUT2D eigenvalue weighted by atomic mass is 32.2. The molecule has 0 aliphatic carbocycles. The van der Waals surface area contributed by atoms with Crippen LogP contribution in [0.5, 0.6) is 0 Å². The van der Waals surface area contributed by atoms with E-state index in [1.165, 1.54) is 5.38 Å². The molecular formula is C12H19NO5S2. The first-order valence-corrected chi connectivity index (χ1v) is 8.59. The highest BCUT2D eigenvalue weighted by Gasteiger charge is 2.28. The third kappa shape index (κ3) is 3.78. The minimum Gasteiger partial charge on any atom is -0.478 e. The predicted octanol–water partition coefficient (Wildman–Crippen LogP) is 1.52. The Kier molecular flexibility index (Phi) is 5.69. The van der Waals surface area contributed by atoms with E-state index in [9.17, 15) is 18.3 Å². The molecule has 0 spiro atoms. The van der Waals surface area contributed by atoms with Gasteiger partial charge in [-0.3, -0.25) is 0 Å². The zero-order valence-electron chi connectivity index (χ0n) is 11.4. The smallest absolute Gasteiger partial charge is 0.336 e. The van der Waals surface area contributed by atoms with Crippen molar-refractivity contribution >= 4 is 27.3 Å². The topological polar surface area (TPSA) is 104 Å². The molecule has 6 nitrogen and oxygen atoms in total. The highest BCUT2D eigenvalue weighted by Crippen LogP contribution is 2.26. The lowest BCUT2D eigenvalue weighted by Gasteiger charge is -2.29. The molecular weight excluding hydrogens is 302 g/mol. The molecule has 0 atom stereocenters. The average Bonchev–Trinajstić information content (AvgIpc) is 2.91. The minimum absolute atomic E-state index is 0.0334. The van der Waals surface area contributed by atoms with Crippen molar-refractivity contribution in [3.63, 3.8) is 0 Å². The number of nitrogens with one attached hydrogen (secondary N) is 1. The fourth-order valence-corrected chi connectivity index (χ4v) is 4.02. The van der Waals surface area contributed by atoms with Crippen molar-refractivity contribution in [3.8, 4) is 0 Å². The number of aliphatic hydroxyl groups excluding tert-OH is 1. The first-order valence-electron chi connectivity index (χ1n) is 6.22. The maximum atomic E-state index is 12.1. The Morgan fingerprint density at radius 2 is 2.00 bits per heavy atom. The molecule has 0 saturated carbocycles. The molecule has 0 amide bonds. The van der Waals surface area contributed by atoms with Gasteiger partial charge in [0.05, 0.1) is 5.56 Å². The van der Waals surface area contributed by atoms with Crippen molar-refractivity contribution in [2.24, 2.45) is 5.41 Å². The second-order valence-electron chi connectivity index (χ2n) is 4.65. The van der Waals surface area contributed by atoms with Crippen LogP contribution in [0.1, 0.15) is 37.0 Å². The maximum absolute atomic E-state index is 12.1. The summed E-state index contributed by atoms with van der Waals surface area (Å²) >= 11 is 0.864. The zero-order valence-corrected chi connectivity index (χ0v) is 13.1. The lowest BCUT2D eigenvalue weighted by atomic mass is 9.84. The monoisotopic (exact) mass is 321 g/mol. The standard InChI is InChI=1S/C12H19NO5S2/c1-3-12(4-2,8-14)7-13-20(17,18)10-5-9(6-19-10)11(15)16/h5-6,13-14H,3-4,7-8H2,1-2H3,(H,15,16). The molecule has 0 bridgehead atoms. The lowest BCUT2D eigenvalue weighted by molar-refractivity contribution is 0.0697. The van der Waals surface area contributed by atoms with Crippen molar-refractivity contribution in [2.75, 3.05) is 13.2 Å². The minimum atomic E-state index is -3.74. The summed E-state index contributed by atoms with van der Waals surface area (Å²) in [5.41, 5.74) is -0.533. The number of carboxylic acid groups (broad SMARTS) is 1. The van der Waals surface area contributed by atoms with E-state index in [0.717, 1.165) is 17.4 Å². The molecule has 8 heteroatoms. The van der Waals surface area contributed by atoms with Crippen LogP contribution in [0.25, 0.3) is 0 Å². The summed E-state index contributed by atoms with van der Waals surface area (Å²) in [5.74, 6) is -1.16. The number of carboxylic acids is 1. The molecule has 0 radical (unpaired) electrons. The number of carbonyl (C=O) groups is 1. The van der Waals surface area contributed by atoms with Crippen LogP contribution in [0.15, 0.2) is 15.7 Å². The SMILES string of the molecule is CCC(CC)(CO)CNS(=O)(=O)c1cc(C(=O)O)cs1. The summed E-state index contributed by atoms with van der Waals surface area (Å²) in [7, 11) is -3.74. The van der Waals surface area contributed by atoms with Gasteiger partial charge in [0.25, 0.3) is 0 Å². The molecule has 114 valence electrons. The van der Waals surface area contributed by atoms with Crippen molar-refractivity contribution in [3.05, 3.63) is 17.0 Å². The summed E-state index contributed by atoms with van der Waals surface area (Å²) in [6.45, 7) is 3.80. The van der Waals surface area contributed by atoms with Crippen LogP contribution < -0.4 is 4.72 Å². The predicted molar refractivity (Wildman–Crippen MR) is 76.6 cm³/mol. The molecule has 3 N–H and O–H groups in total. The van der Waals surface area contributed by atoms with E-state index in [4.69, 9.17) is 5.11 Å². The molecule has 1 aromatic heterocycles. The number of rotatable bonds is 8. The van der Waals surface area contributed by atoms with Gasteiger partial charge in [-0.15, -0.1) is 11.3 Å². The maximum Gasteiger partial charge on any atom is 0.336 e. The van der Waals surface area contributed by atoms with E-state index >= 15 is 0 Å². The zero-order chi connectivity index (χ0) is 15.4. The Morgan fingerprint density at radius 3 is 2.40 bits per heavy atom. The summed E-state index contributed by atoms with van der Waals surface area (Å²) in [5, 5.41) is 19.5. The van der Waals surface area contributed by atoms with Crippen molar-refractivity contribution < 1.29 is 23.4 Å². The second-order valence-corrected chi connectivity index (χ2v) is 7.55. The molecule has 0 saturated heterocycles. The molecule has 1 aromatic rings. The fraction of sp³-hybridized carbons (Fsp3) is 0.583. The molecule has 0 aliphatic rings. The normalized spacial score (nSPS) is 12.6. The third-order valence-electron chi connectivity index (χ3n) is 3.56. The van der Waals surface area contributed by atoms with E-state index in [1.807, 2.05) is 13.8 Å². The first kappa shape index (κ1) is 17.1. The average molecular weight is 321 g/mol. The lowest BCUT2D eigenvalue weighted by Crippen LogP contribution is -2.39. The van der Waals surface area contributed by atoms with Gasteiger partial charge < -0.3 is 10.2 Å². The Hall–Kier alpha value is -0.960. The number of aromatic carboxylic acids is 1. The third-order valence-corrected chi connectivity index (χ3v) is 6.40. The van der Waals surface area contributed by atoms with Crippen LogP contribution in [0.3, 0.4) is 0 Å². The second kappa shape index (κ2) is 6.66. The number of aliphatic hydroxyl groups is 1. The van der Waals surface area contributed by atoms with Gasteiger partial charge in [0.15, 0.2) is 0 Å². The number of thiophene rings is 1. The van der Waals surface area contributed by atoms with Crippen molar-refractivity contribution in [1.82, 2.24) is 4.72 Å². The molecule has 0 aromatic carbocycles. The van der Waals surface area contributed by atoms with E-state index in [1.54, 1.807) is 0 Å². The van der Waals surface area contributed by atoms with Crippen LogP contribution in [0.2, 0.25) is 0 Å². The largest absolute Gasteiger partial charge is 0.478 e. The number of hydrogen-bond donors (Lipinski definition) is 3. The van der Waals surface area contributed by atoms with E-state index < -0.39 is 21.4 Å². The first-order chi connectivity index (χ1) is 9.30. The fourth-order valence-electron chi connectivity index (χ4n) is 1.67. The molecule has 20 heavy (non-hydrogen) atoms. The Balaban J connectivity index is 2.87. The summed E-state index contributed by atoms with van der Waals surface area (Å²) < 4.78 is 26.6. The van der Waals surface area contributed by atoms with Gasteiger partial charge in [0.2, 0.25) is 10.0 Å². The summed E-state index contributed by atoms with van der Waals surface area (Å²) in [6.07, 6.45) is 1.29. The van der Waals surface area contributed by atoms with Gasteiger partial charge in [-0.05, 0) is 18.9 Å².